The summed E-state index contributed by atoms with van der Waals surface area (Å²) >= 11 is 1.57. The lowest BCUT2D eigenvalue weighted by Gasteiger charge is -1.97. The molecule has 2 aromatic rings. The molecule has 0 fully saturated rings. The topological polar surface area (TPSA) is 37.8 Å². The third-order valence-electron chi connectivity index (χ3n) is 2.17. The van der Waals surface area contributed by atoms with Gasteiger partial charge in [0.15, 0.2) is 0 Å². The first-order valence-electron chi connectivity index (χ1n) is 5.44. The first-order valence-corrected chi connectivity index (χ1v) is 6.26. The van der Waals surface area contributed by atoms with Crippen molar-refractivity contribution in [1.82, 2.24) is 10.2 Å². The maximum atomic E-state index is 4.14. The first-order chi connectivity index (χ1) is 7.90. The van der Waals surface area contributed by atoms with Gasteiger partial charge in [-0.15, -0.1) is 10.2 Å². The quantitative estimate of drug-likeness (QED) is 0.804. The number of aromatic nitrogens is 2. The lowest BCUT2D eigenvalue weighted by Crippen LogP contribution is -1.99. The van der Waals surface area contributed by atoms with Crippen LogP contribution in [0.5, 0.6) is 0 Å². The highest BCUT2D eigenvalue weighted by Gasteiger charge is 2.05. The van der Waals surface area contributed by atoms with Gasteiger partial charge < -0.3 is 5.32 Å². The second-order valence-corrected chi connectivity index (χ2v) is 4.45. The molecule has 0 aliphatic carbocycles. The summed E-state index contributed by atoms with van der Waals surface area (Å²) in [6, 6.07) is 11.0. The van der Waals surface area contributed by atoms with Crippen LogP contribution >= 0.6 is 11.3 Å². The number of anilines is 1. The van der Waals surface area contributed by atoms with Crippen molar-refractivity contribution in [1.29, 1.82) is 0 Å². The fourth-order valence-corrected chi connectivity index (χ4v) is 2.06. The molecule has 4 heteroatoms. The van der Waals surface area contributed by atoms with Crippen LogP contribution < -0.4 is 5.32 Å². The Morgan fingerprint density at radius 3 is 3.06 bits per heavy atom. The van der Waals surface area contributed by atoms with Crippen molar-refractivity contribution in [2.75, 3.05) is 11.9 Å². The van der Waals surface area contributed by atoms with Crippen LogP contribution in [0, 0.1) is 6.07 Å². The van der Waals surface area contributed by atoms with E-state index in [1.54, 1.807) is 11.3 Å². The van der Waals surface area contributed by atoms with Gasteiger partial charge in [-0.2, -0.15) is 0 Å². The summed E-state index contributed by atoms with van der Waals surface area (Å²) in [5, 5.41) is 13.3. The Kier molecular flexibility index (Phi) is 3.88. The largest absolute Gasteiger partial charge is 0.360 e. The number of nitrogens with one attached hydrogen (secondary N) is 1. The Labute approximate surface area is 99.5 Å². The van der Waals surface area contributed by atoms with Crippen molar-refractivity contribution in [3.63, 3.8) is 0 Å². The summed E-state index contributed by atoms with van der Waals surface area (Å²) in [5.41, 5.74) is 1.00. The summed E-state index contributed by atoms with van der Waals surface area (Å²) in [6.45, 7) is 3.13. The molecule has 2 rings (SSSR count). The summed E-state index contributed by atoms with van der Waals surface area (Å²) in [5.74, 6) is 0. The number of rotatable bonds is 5. The second kappa shape index (κ2) is 5.61. The van der Waals surface area contributed by atoms with E-state index in [1.807, 2.05) is 24.3 Å². The van der Waals surface area contributed by atoms with Crippen molar-refractivity contribution in [2.24, 2.45) is 0 Å². The van der Waals surface area contributed by atoms with E-state index in [-0.39, 0.29) is 0 Å². The Morgan fingerprint density at radius 2 is 2.31 bits per heavy atom. The molecule has 0 spiro atoms. The normalized spacial score (nSPS) is 10.3. The van der Waals surface area contributed by atoms with Gasteiger partial charge in [-0.1, -0.05) is 48.9 Å². The standard InChI is InChI=1S/C12H14N3S/c1-2-3-9-13-12-15-14-11(16-12)10-7-5-4-6-8-10/h4-7H,2-3,9H2,1H3,(H,13,15). The fourth-order valence-electron chi connectivity index (χ4n) is 1.30. The molecular weight excluding hydrogens is 218 g/mol. The van der Waals surface area contributed by atoms with Gasteiger partial charge >= 0.3 is 0 Å². The van der Waals surface area contributed by atoms with E-state index in [4.69, 9.17) is 0 Å². The molecule has 0 saturated heterocycles. The number of benzene rings is 1. The van der Waals surface area contributed by atoms with Crippen LogP contribution in [0.2, 0.25) is 0 Å². The third kappa shape index (κ3) is 2.79. The minimum absolute atomic E-state index is 0.890. The van der Waals surface area contributed by atoms with E-state index < -0.39 is 0 Å². The van der Waals surface area contributed by atoms with E-state index in [9.17, 15) is 0 Å². The van der Waals surface area contributed by atoms with Crippen LogP contribution in [0.1, 0.15) is 19.8 Å². The smallest absolute Gasteiger partial charge is 0.206 e. The van der Waals surface area contributed by atoms with Crippen LogP contribution in [0.4, 0.5) is 5.13 Å². The lowest BCUT2D eigenvalue weighted by atomic mass is 10.2. The molecule has 0 saturated carbocycles. The van der Waals surface area contributed by atoms with E-state index in [2.05, 4.69) is 28.5 Å². The van der Waals surface area contributed by atoms with Crippen LogP contribution in [0.25, 0.3) is 10.6 Å². The molecule has 1 radical (unpaired) electrons. The van der Waals surface area contributed by atoms with Gasteiger partial charge in [0.25, 0.3) is 0 Å². The minimum Gasteiger partial charge on any atom is -0.360 e. The molecule has 0 bridgehead atoms. The summed E-state index contributed by atoms with van der Waals surface area (Å²) in [7, 11) is 0. The number of nitrogens with zero attached hydrogens (tertiary/aromatic N) is 2. The van der Waals surface area contributed by atoms with Crippen molar-refractivity contribution in [2.45, 2.75) is 19.8 Å². The summed E-state index contributed by atoms with van der Waals surface area (Å²) < 4.78 is 0. The highest BCUT2D eigenvalue weighted by Crippen LogP contribution is 2.25. The zero-order valence-electron chi connectivity index (χ0n) is 9.23. The predicted molar refractivity (Wildman–Crippen MR) is 67.6 cm³/mol. The monoisotopic (exact) mass is 232 g/mol. The highest BCUT2D eigenvalue weighted by molar-refractivity contribution is 7.18. The Morgan fingerprint density at radius 1 is 1.38 bits per heavy atom. The Bertz CT molecular complexity index is 425. The van der Waals surface area contributed by atoms with E-state index in [0.717, 1.165) is 28.7 Å². The molecule has 1 N–H and O–H groups in total. The van der Waals surface area contributed by atoms with Gasteiger partial charge in [-0.05, 0) is 12.5 Å². The molecule has 16 heavy (non-hydrogen) atoms. The van der Waals surface area contributed by atoms with Crippen molar-refractivity contribution in [3.05, 3.63) is 30.3 Å². The average Bonchev–Trinajstić information content (AvgIpc) is 2.79. The SMILES string of the molecule is CCCCNc1nnc(-c2[c]cccc2)s1. The van der Waals surface area contributed by atoms with Gasteiger partial charge in [-0.3, -0.25) is 0 Å². The van der Waals surface area contributed by atoms with E-state index in [1.165, 1.54) is 6.42 Å². The van der Waals surface area contributed by atoms with Crippen LogP contribution in [0.15, 0.2) is 24.3 Å². The number of hydrogen-bond acceptors (Lipinski definition) is 4. The highest BCUT2D eigenvalue weighted by atomic mass is 32.1. The van der Waals surface area contributed by atoms with Crippen LogP contribution in [0.3, 0.4) is 0 Å². The maximum absolute atomic E-state index is 4.14. The first kappa shape index (κ1) is 11.1. The molecule has 1 heterocycles. The Hall–Kier alpha value is -1.42. The molecular formula is C12H14N3S. The molecule has 0 aliphatic heterocycles. The Balaban J connectivity index is 2.02. The number of unbranched alkanes of at least 4 members (excludes halogenated alkanes) is 1. The molecule has 83 valence electrons. The van der Waals surface area contributed by atoms with Crippen molar-refractivity contribution in [3.8, 4) is 10.6 Å². The average molecular weight is 232 g/mol. The molecule has 0 unspecified atom stereocenters. The number of hydrogen-bond donors (Lipinski definition) is 1. The van der Waals surface area contributed by atoms with Gasteiger partial charge in [0.05, 0.1) is 0 Å². The lowest BCUT2D eigenvalue weighted by molar-refractivity contribution is 0.831. The third-order valence-corrected chi connectivity index (χ3v) is 3.09. The zero-order chi connectivity index (χ0) is 11.2. The fraction of sp³-hybridized carbons (Fsp3) is 0.333. The summed E-state index contributed by atoms with van der Waals surface area (Å²) in [4.78, 5) is 0. The van der Waals surface area contributed by atoms with Gasteiger partial charge in [0.2, 0.25) is 5.13 Å². The molecule has 0 atom stereocenters. The van der Waals surface area contributed by atoms with Crippen molar-refractivity contribution >= 4 is 16.5 Å². The minimum atomic E-state index is 0.890. The van der Waals surface area contributed by atoms with E-state index >= 15 is 0 Å². The molecule has 1 aromatic carbocycles. The predicted octanol–water partition coefficient (Wildman–Crippen LogP) is 3.22. The van der Waals surface area contributed by atoms with Crippen LogP contribution in [-0.4, -0.2) is 16.7 Å². The van der Waals surface area contributed by atoms with Crippen LogP contribution in [-0.2, 0) is 0 Å². The molecule has 0 amide bonds. The second-order valence-electron chi connectivity index (χ2n) is 3.47. The molecule has 1 aromatic heterocycles. The van der Waals surface area contributed by atoms with Crippen molar-refractivity contribution < 1.29 is 0 Å². The zero-order valence-corrected chi connectivity index (χ0v) is 10.0. The van der Waals surface area contributed by atoms with E-state index in [0.29, 0.717) is 0 Å². The van der Waals surface area contributed by atoms with Gasteiger partial charge in [0, 0.05) is 12.1 Å². The van der Waals surface area contributed by atoms with Gasteiger partial charge in [0.1, 0.15) is 5.01 Å². The molecule has 0 aliphatic rings. The van der Waals surface area contributed by atoms with Gasteiger partial charge in [-0.25, -0.2) is 0 Å². The summed E-state index contributed by atoms with van der Waals surface area (Å²) in [6.07, 6.45) is 2.34. The maximum Gasteiger partial charge on any atom is 0.206 e. The molecule has 3 nitrogen and oxygen atoms in total.